The summed E-state index contributed by atoms with van der Waals surface area (Å²) in [6.07, 6.45) is -2.80. The molecule has 1 saturated heterocycles. The van der Waals surface area contributed by atoms with Gasteiger partial charge in [0.25, 0.3) is 5.62 Å². The van der Waals surface area contributed by atoms with Crippen LogP contribution < -0.4 is 11.4 Å². The SMILES string of the molecule is Nc1ccn([C@@H]2O[C@H](CO)[C@@H](O)[C@]2(F)Br)/c(=N/O)n1. The minimum atomic E-state index is -2.37. The van der Waals surface area contributed by atoms with Gasteiger partial charge in [-0.1, -0.05) is 0 Å². The first-order valence-corrected chi connectivity index (χ1v) is 6.06. The molecule has 8 nitrogen and oxygen atoms in total. The lowest BCUT2D eigenvalue weighted by molar-refractivity contribution is -0.0516. The number of anilines is 1. The molecule has 1 aliphatic rings. The fourth-order valence-electron chi connectivity index (χ4n) is 1.81. The molecule has 2 rings (SSSR count). The molecule has 10 heteroatoms. The molecule has 0 radical (unpaired) electrons. The van der Waals surface area contributed by atoms with Gasteiger partial charge in [0.15, 0.2) is 6.23 Å². The Kier molecular flexibility index (Phi) is 3.76. The number of alkyl halides is 2. The predicted octanol–water partition coefficient (Wildman–Crippen LogP) is -0.934. The second-order valence-electron chi connectivity index (χ2n) is 3.99. The van der Waals surface area contributed by atoms with Crippen LogP contribution in [0.4, 0.5) is 10.2 Å². The molecule has 5 N–H and O–H groups in total. The highest BCUT2D eigenvalue weighted by Crippen LogP contribution is 2.45. The van der Waals surface area contributed by atoms with Crippen molar-refractivity contribution in [2.45, 2.75) is 23.0 Å². The van der Waals surface area contributed by atoms with Crippen LogP contribution in [0.3, 0.4) is 0 Å². The van der Waals surface area contributed by atoms with E-state index >= 15 is 0 Å². The van der Waals surface area contributed by atoms with Crippen LogP contribution in [0, 0.1) is 0 Å². The average Bonchev–Trinajstić information content (AvgIpc) is 2.61. The zero-order chi connectivity index (χ0) is 14.2. The number of aliphatic hydroxyl groups is 2. The molecule has 0 aliphatic carbocycles. The fourth-order valence-corrected chi connectivity index (χ4v) is 2.43. The van der Waals surface area contributed by atoms with E-state index in [0.29, 0.717) is 0 Å². The van der Waals surface area contributed by atoms with Gasteiger partial charge in [-0.05, 0) is 27.2 Å². The third-order valence-electron chi connectivity index (χ3n) is 2.77. The van der Waals surface area contributed by atoms with E-state index in [9.17, 15) is 9.50 Å². The number of aliphatic hydroxyl groups excluding tert-OH is 2. The van der Waals surface area contributed by atoms with Crippen molar-refractivity contribution in [3.05, 3.63) is 17.9 Å². The predicted molar refractivity (Wildman–Crippen MR) is 63.8 cm³/mol. The maximum Gasteiger partial charge on any atom is 0.270 e. The molecule has 1 aromatic heterocycles. The Labute approximate surface area is 115 Å². The Bertz CT molecular complexity index is 537. The maximum atomic E-state index is 14.4. The number of rotatable bonds is 2. The van der Waals surface area contributed by atoms with Crippen LogP contribution in [0.5, 0.6) is 0 Å². The standard InChI is InChI=1S/C9H12BrFN4O4/c10-9(11)6(17)4(3-16)19-7(9)15-2-1-5(12)13-8(15)14-18/h1-2,4,6-7,16-18H,3H2,(H2,12,13,14)/t4-,6-,7-,9-/m1/s1. The van der Waals surface area contributed by atoms with Crippen LogP contribution in [0.25, 0.3) is 0 Å². The first-order chi connectivity index (χ1) is 8.91. The van der Waals surface area contributed by atoms with Gasteiger partial charge in [-0.3, -0.25) is 4.57 Å². The van der Waals surface area contributed by atoms with Crippen molar-refractivity contribution in [3.63, 3.8) is 0 Å². The molecule has 106 valence electrons. The Morgan fingerprint density at radius 3 is 2.89 bits per heavy atom. The summed E-state index contributed by atoms with van der Waals surface area (Å²) in [5.74, 6) is 0.0698. The molecular weight excluding hydrogens is 327 g/mol. The maximum absolute atomic E-state index is 14.4. The minimum Gasteiger partial charge on any atom is -0.408 e. The largest absolute Gasteiger partial charge is 0.408 e. The summed E-state index contributed by atoms with van der Waals surface area (Å²) in [6, 6.07) is 1.35. The van der Waals surface area contributed by atoms with E-state index in [2.05, 4.69) is 26.1 Å². The van der Waals surface area contributed by atoms with Crippen molar-refractivity contribution in [2.75, 3.05) is 12.3 Å². The van der Waals surface area contributed by atoms with Gasteiger partial charge >= 0.3 is 0 Å². The summed E-state index contributed by atoms with van der Waals surface area (Å²) < 4.78 is 18.3. The van der Waals surface area contributed by atoms with Gasteiger partial charge < -0.3 is 25.9 Å². The van der Waals surface area contributed by atoms with Crippen molar-refractivity contribution >= 4 is 21.7 Å². The first-order valence-electron chi connectivity index (χ1n) is 5.26. The number of aromatic nitrogens is 2. The monoisotopic (exact) mass is 338 g/mol. The first kappa shape index (κ1) is 14.2. The molecule has 0 bridgehead atoms. The van der Waals surface area contributed by atoms with E-state index in [1.807, 2.05) is 0 Å². The number of hydrogen-bond acceptors (Lipinski definition) is 7. The molecular formula is C9H12BrFN4O4. The van der Waals surface area contributed by atoms with Gasteiger partial charge in [-0.15, -0.1) is 0 Å². The molecule has 0 saturated carbocycles. The summed E-state index contributed by atoms with van der Waals surface area (Å²) in [5, 5.41) is 30.4. The van der Waals surface area contributed by atoms with E-state index in [0.717, 1.165) is 4.57 Å². The lowest BCUT2D eigenvalue weighted by Crippen LogP contribution is -2.40. The van der Waals surface area contributed by atoms with Crippen LogP contribution >= 0.6 is 15.9 Å². The van der Waals surface area contributed by atoms with Crippen molar-refractivity contribution < 1.29 is 24.5 Å². The van der Waals surface area contributed by atoms with E-state index in [4.69, 9.17) is 20.8 Å². The van der Waals surface area contributed by atoms with Crippen LogP contribution in [0.1, 0.15) is 6.23 Å². The Hall–Kier alpha value is -1.23. The minimum absolute atomic E-state index is 0.0698. The highest BCUT2D eigenvalue weighted by atomic mass is 79.9. The number of nitrogen functional groups attached to an aromatic ring is 1. The molecule has 0 amide bonds. The Balaban J connectivity index is 2.48. The van der Waals surface area contributed by atoms with E-state index in [1.54, 1.807) is 0 Å². The summed E-state index contributed by atoms with van der Waals surface area (Å²) in [4.78, 5) is 3.69. The zero-order valence-electron chi connectivity index (χ0n) is 9.52. The molecule has 4 atom stereocenters. The molecule has 0 unspecified atom stereocenters. The van der Waals surface area contributed by atoms with Crippen molar-refractivity contribution in [2.24, 2.45) is 5.16 Å². The Morgan fingerprint density at radius 1 is 1.68 bits per heavy atom. The smallest absolute Gasteiger partial charge is 0.270 e. The highest BCUT2D eigenvalue weighted by molar-refractivity contribution is 9.10. The number of hydrogen-bond donors (Lipinski definition) is 4. The van der Waals surface area contributed by atoms with E-state index in [1.165, 1.54) is 12.3 Å². The molecule has 0 spiro atoms. The molecule has 1 fully saturated rings. The number of halogens is 2. The van der Waals surface area contributed by atoms with Gasteiger partial charge in [0.1, 0.15) is 18.0 Å². The Morgan fingerprint density at radius 2 is 2.37 bits per heavy atom. The third kappa shape index (κ3) is 2.31. The van der Waals surface area contributed by atoms with Gasteiger partial charge in [0.05, 0.1) is 6.61 Å². The van der Waals surface area contributed by atoms with Gasteiger partial charge in [0, 0.05) is 6.20 Å². The summed E-state index contributed by atoms with van der Waals surface area (Å²) in [7, 11) is 0. The van der Waals surface area contributed by atoms with Crippen LogP contribution in [0.15, 0.2) is 17.4 Å². The summed E-state index contributed by atoms with van der Waals surface area (Å²) >= 11 is 2.72. The molecule has 19 heavy (non-hydrogen) atoms. The zero-order valence-corrected chi connectivity index (χ0v) is 11.1. The summed E-state index contributed by atoms with van der Waals surface area (Å²) in [6.45, 7) is -0.566. The second kappa shape index (κ2) is 5.04. The molecule has 1 aliphatic heterocycles. The molecule has 1 aromatic rings. The third-order valence-corrected chi connectivity index (χ3v) is 3.63. The topological polar surface area (TPSA) is 126 Å². The number of nitrogens with zero attached hydrogens (tertiary/aromatic N) is 3. The van der Waals surface area contributed by atoms with Crippen molar-refractivity contribution in [1.29, 1.82) is 0 Å². The lowest BCUT2D eigenvalue weighted by Gasteiger charge is -2.23. The summed E-state index contributed by atoms with van der Waals surface area (Å²) in [5.41, 5.74) is 5.12. The van der Waals surface area contributed by atoms with Crippen LogP contribution in [-0.2, 0) is 4.74 Å². The van der Waals surface area contributed by atoms with Crippen molar-refractivity contribution in [3.8, 4) is 0 Å². The van der Waals surface area contributed by atoms with Crippen LogP contribution in [-0.4, -0.2) is 48.4 Å². The van der Waals surface area contributed by atoms with E-state index in [-0.39, 0.29) is 11.4 Å². The normalized spacial score (nSPS) is 35.8. The quantitative estimate of drug-likeness (QED) is 0.313. The van der Waals surface area contributed by atoms with Crippen LogP contribution in [0.2, 0.25) is 0 Å². The second-order valence-corrected chi connectivity index (χ2v) is 5.20. The van der Waals surface area contributed by atoms with Gasteiger partial charge in [-0.2, -0.15) is 4.98 Å². The molecule has 2 heterocycles. The van der Waals surface area contributed by atoms with E-state index < -0.39 is 29.6 Å². The average molecular weight is 339 g/mol. The highest BCUT2D eigenvalue weighted by Gasteiger charge is 2.56. The lowest BCUT2D eigenvalue weighted by atomic mass is 10.1. The molecule has 0 aromatic carbocycles. The van der Waals surface area contributed by atoms with Gasteiger partial charge in [0.2, 0.25) is 4.58 Å². The van der Waals surface area contributed by atoms with Crippen molar-refractivity contribution in [1.82, 2.24) is 9.55 Å². The number of ether oxygens (including phenoxy) is 1. The fraction of sp³-hybridized carbons (Fsp3) is 0.556. The van der Waals surface area contributed by atoms with Gasteiger partial charge in [-0.25, -0.2) is 4.39 Å². The number of nitrogens with two attached hydrogens (primary N) is 1.